The van der Waals surface area contributed by atoms with Gasteiger partial charge in [0.2, 0.25) is 0 Å². The first-order chi connectivity index (χ1) is 13.6. The van der Waals surface area contributed by atoms with Crippen molar-refractivity contribution in [1.82, 2.24) is 10.2 Å². The normalized spacial score (nSPS) is 20.2. The highest BCUT2D eigenvalue weighted by molar-refractivity contribution is 5.88. The fraction of sp³-hybridized carbons (Fsp3) is 0.619. The number of rotatable bonds is 7. The molecular formula is C21H30N2O5. The van der Waals surface area contributed by atoms with Crippen molar-refractivity contribution in [3.63, 3.8) is 0 Å². The molecule has 1 aromatic rings. The summed E-state index contributed by atoms with van der Waals surface area (Å²) in [5.74, 6) is 0.506. The first-order valence-electron chi connectivity index (χ1n) is 10.1. The largest absolute Gasteiger partial charge is 0.462 e. The molecule has 7 nitrogen and oxygen atoms in total. The van der Waals surface area contributed by atoms with E-state index in [1.165, 1.54) is 31.4 Å². The lowest BCUT2D eigenvalue weighted by atomic mass is 9.79. The van der Waals surface area contributed by atoms with Gasteiger partial charge >= 0.3 is 5.97 Å². The van der Waals surface area contributed by atoms with Gasteiger partial charge in [0.15, 0.2) is 6.61 Å². The van der Waals surface area contributed by atoms with Crippen LogP contribution in [0.15, 0.2) is 22.6 Å². The maximum absolute atomic E-state index is 12.2. The number of nitrogens with one attached hydrogen (secondary N) is 1. The Kier molecular flexibility index (Phi) is 7.28. The van der Waals surface area contributed by atoms with Gasteiger partial charge in [-0.25, -0.2) is 4.79 Å². The maximum atomic E-state index is 12.2. The molecule has 154 valence electrons. The summed E-state index contributed by atoms with van der Waals surface area (Å²) in [4.78, 5) is 26.5. The molecular weight excluding hydrogens is 360 g/mol. The van der Waals surface area contributed by atoms with Crippen molar-refractivity contribution in [2.75, 3.05) is 39.5 Å². The number of hydrogen-bond donors (Lipinski definition) is 1. The molecule has 1 saturated carbocycles. The summed E-state index contributed by atoms with van der Waals surface area (Å²) in [6.45, 7) is 5.44. The second kappa shape index (κ2) is 9.89. The Hall–Kier alpha value is -2.12. The summed E-state index contributed by atoms with van der Waals surface area (Å²) in [6, 6.07) is 3.58. The molecule has 2 fully saturated rings. The average molecular weight is 390 g/mol. The van der Waals surface area contributed by atoms with Gasteiger partial charge in [0.05, 0.1) is 13.2 Å². The van der Waals surface area contributed by atoms with E-state index >= 15 is 0 Å². The number of nitrogens with zero attached hydrogens (tertiary/aromatic N) is 1. The SMILES string of the molecule is Cc1ccc(/C=C/C(=O)OCC(=O)NCC2(N3CCOCC3)CCCCC2)o1. The van der Waals surface area contributed by atoms with Crippen LogP contribution in [0.3, 0.4) is 0 Å². The van der Waals surface area contributed by atoms with Crippen LogP contribution in [0.5, 0.6) is 0 Å². The van der Waals surface area contributed by atoms with Crippen molar-refractivity contribution in [2.24, 2.45) is 0 Å². The molecule has 2 aliphatic rings. The van der Waals surface area contributed by atoms with E-state index in [9.17, 15) is 9.59 Å². The van der Waals surface area contributed by atoms with Crippen LogP contribution in [-0.4, -0.2) is 61.8 Å². The lowest BCUT2D eigenvalue weighted by Crippen LogP contribution is -2.59. The lowest BCUT2D eigenvalue weighted by Gasteiger charge is -2.48. The lowest BCUT2D eigenvalue weighted by molar-refractivity contribution is -0.144. The standard InChI is InChI=1S/C21H30N2O5/c1-17-5-6-18(28-17)7-8-20(25)27-15-19(24)22-16-21(9-3-2-4-10-21)23-11-13-26-14-12-23/h5-8H,2-4,9-16H2,1H3,(H,22,24)/b8-7+. The van der Waals surface area contributed by atoms with Crippen LogP contribution in [-0.2, 0) is 19.1 Å². The van der Waals surface area contributed by atoms with E-state index in [0.717, 1.165) is 44.9 Å². The minimum absolute atomic E-state index is 0.00124. The Bertz CT molecular complexity index is 685. The minimum atomic E-state index is -0.565. The third-order valence-electron chi connectivity index (χ3n) is 5.57. The number of hydrogen-bond acceptors (Lipinski definition) is 6. The van der Waals surface area contributed by atoms with Crippen LogP contribution < -0.4 is 5.32 Å². The molecule has 0 radical (unpaired) electrons. The van der Waals surface area contributed by atoms with Crippen LogP contribution in [0.25, 0.3) is 6.08 Å². The zero-order valence-electron chi connectivity index (χ0n) is 16.6. The van der Waals surface area contributed by atoms with Crippen LogP contribution in [0.4, 0.5) is 0 Å². The second-order valence-corrected chi connectivity index (χ2v) is 7.55. The van der Waals surface area contributed by atoms with E-state index in [1.807, 2.05) is 13.0 Å². The zero-order valence-corrected chi connectivity index (χ0v) is 16.6. The molecule has 0 spiro atoms. The van der Waals surface area contributed by atoms with E-state index < -0.39 is 5.97 Å². The molecule has 1 aliphatic heterocycles. The predicted molar refractivity (Wildman–Crippen MR) is 105 cm³/mol. The van der Waals surface area contributed by atoms with Crippen molar-refractivity contribution in [3.05, 3.63) is 29.7 Å². The quantitative estimate of drug-likeness (QED) is 0.568. The van der Waals surface area contributed by atoms with Crippen molar-refractivity contribution in [2.45, 2.75) is 44.6 Å². The van der Waals surface area contributed by atoms with Crippen LogP contribution in [0.2, 0.25) is 0 Å². The Morgan fingerprint density at radius 3 is 2.64 bits per heavy atom. The number of ether oxygens (including phenoxy) is 2. The number of morpholine rings is 1. The van der Waals surface area contributed by atoms with Crippen molar-refractivity contribution >= 4 is 18.0 Å². The molecule has 1 aliphatic carbocycles. The topological polar surface area (TPSA) is 81.0 Å². The van der Waals surface area contributed by atoms with E-state index in [4.69, 9.17) is 13.9 Å². The number of esters is 1. The number of carbonyl (C=O) groups excluding carboxylic acids is 2. The van der Waals surface area contributed by atoms with Gasteiger partial charge in [-0.05, 0) is 38.0 Å². The molecule has 7 heteroatoms. The fourth-order valence-corrected chi connectivity index (χ4v) is 4.04. The molecule has 0 atom stereocenters. The third-order valence-corrected chi connectivity index (χ3v) is 5.57. The molecule has 3 rings (SSSR count). The fourth-order valence-electron chi connectivity index (χ4n) is 4.04. The Morgan fingerprint density at radius 1 is 1.21 bits per heavy atom. The predicted octanol–water partition coefficient (Wildman–Crippen LogP) is 2.30. The summed E-state index contributed by atoms with van der Waals surface area (Å²) in [7, 11) is 0. The smallest absolute Gasteiger partial charge is 0.331 e. The molecule has 2 heterocycles. The van der Waals surface area contributed by atoms with Gasteiger partial charge in [0.1, 0.15) is 11.5 Å². The van der Waals surface area contributed by atoms with Gasteiger partial charge in [-0.3, -0.25) is 9.69 Å². The van der Waals surface area contributed by atoms with Crippen LogP contribution in [0, 0.1) is 6.92 Å². The van der Waals surface area contributed by atoms with Gasteiger partial charge in [-0.2, -0.15) is 0 Å². The monoisotopic (exact) mass is 390 g/mol. The summed E-state index contributed by atoms with van der Waals surface area (Å²) in [5, 5.41) is 2.98. The maximum Gasteiger partial charge on any atom is 0.331 e. The first kappa shape index (κ1) is 20.6. The van der Waals surface area contributed by atoms with E-state index in [-0.39, 0.29) is 18.1 Å². The second-order valence-electron chi connectivity index (χ2n) is 7.55. The van der Waals surface area contributed by atoms with Gasteiger partial charge in [0.25, 0.3) is 5.91 Å². The summed E-state index contributed by atoms with van der Waals surface area (Å²) in [5.41, 5.74) is -0.00124. The van der Waals surface area contributed by atoms with E-state index in [1.54, 1.807) is 6.07 Å². The van der Waals surface area contributed by atoms with Crippen LogP contribution in [0.1, 0.15) is 43.6 Å². The molecule has 0 unspecified atom stereocenters. The van der Waals surface area contributed by atoms with Crippen molar-refractivity contribution < 1.29 is 23.5 Å². The Morgan fingerprint density at radius 2 is 1.96 bits per heavy atom. The number of amides is 1. The average Bonchev–Trinajstić information content (AvgIpc) is 3.15. The molecule has 1 saturated heterocycles. The third kappa shape index (κ3) is 5.69. The number of aryl methyl sites for hydroxylation is 1. The Labute approximate surface area is 166 Å². The van der Waals surface area contributed by atoms with Gasteiger partial charge in [-0.1, -0.05) is 19.3 Å². The number of carbonyl (C=O) groups is 2. The summed E-state index contributed by atoms with van der Waals surface area (Å²) < 4.78 is 15.9. The molecule has 0 bridgehead atoms. The highest BCUT2D eigenvalue weighted by Crippen LogP contribution is 2.33. The van der Waals surface area contributed by atoms with Gasteiger partial charge in [-0.15, -0.1) is 0 Å². The first-order valence-corrected chi connectivity index (χ1v) is 10.1. The minimum Gasteiger partial charge on any atom is -0.462 e. The van der Waals surface area contributed by atoms with E-state index in [0.29, 0.717) is 12.3 Å². The molecule has 1 aromatic heterocycles. The van der Waals surface area contributed by atoms with E-state index in [2.05, 4.69) is 10.2 Å². The molecule has 0 aromatic carbocycles. The molecule has 1 N–H and O–H groups in total. The molecule has 1 amide bonds. The van der Waals surface area contributed by atoms with Gasteiger partial charge in [0, 0.05) is 31.2 Å². The van der Waals surface area contributed by atoms with Crippen molar-refractivity contribution in [1.29, 1.82) is 0 Å². The van der Waals surface area contributed by atoms with Gasteiger partial charge < -0.3 is 19.2 Å². The highest BCUT2D eigenvalue weighted by Gasteiger charge is 2.38. The van der Waals surface area contributed by atoms with Crippen molar-refractivity contribution in [3.8, 4) is 0 Å². The molecule has 28 heavy (non-hydrogen) atoms. The number of furan rings is 1. The zero-order chi connectivity index (χ0) is 19.8. The summed E-state index contributed by atoms with van der Waals surface area (Å²) in [6.07, 6.45) is 8.57. The highest BCUT2D eigenvalue weighted by atomic mass is 16.5. The summed E-state index contributed by atoms with van der Waals surface area (Å²) >= 11 is 0. The Balaban J connectivity index is 1.45. The van der Waals surface area contributed by atoms with Crippen LogP contribution >= 0.6 is 0 Å².